The third-order valence-electron chi connectivity index (χ3n) is 1.49. The summed E-state index contributed by atoms with van der Waals surface area (Å²) in [6, 6.07) is 2.41. The lowest BCUT2D eigenvalue weighted by molar-refractivity contribution is 0.209. The van der Waals surface area contributed by atoms with Crippen LogP contribution in [0.4, 0.5) is 14.9 Å². The number of halogens is 2. The number of aryl methyl sites for hydroxylation is 1. The summed E-state index contributed by atoms with van der Waals surface area (Å²) in [6.45, 7) is 1.63. The standard InChI is InChI=1S/C8H7ClFNO2/c1-4-2-6(10)7(3-5(4)9)11-8(12)13/h2-3,11H,1H3,(H,12,13). The van der Waals surface area contributed by atoms with Gasteiger partial charge in [0.15, 0.2) is 0 Å². The number of hydrogen-bond acceptors (Lipinski definition) is 1. The van der Waals surface area contributed by atoms with E-state index in [4.69, 9.17) is 16.7 Å². The molecular weight excluding hydrogens is 197 g/mol. The summed E-state index contributed by atoms with van der Waals surface area (Å²) in [5.74, 6) is -0.635. The van der Waals surface area contributed by atoms with Crippen molar-refractivity contribution in [3.63, 3.8) is 0 Å². The maximum Gasteiger partial charge on any atom is 0.409 e. The summed E-state index contributed by atoms with van der Waals surface area (Å²) in [4.78, 5) is 10.2. The van der Waals surface area contributed by atoms with Gasteiger partial charge in [-0.2, -0.15) is 0 Å². The molecule has 1 rings (SSSR count). The SMILES string of the molecule is Cc1cc(F)c(NC(=O)O)cc1Cl. The van der Waals surface area contributed by atoms with Gasteiger partial charge in [-0.1, -0.05) is 11.6 Å². The van der Waals surface area contributed by atoms with Crippen molar-refractivity contribution in [3.05, 3.63) is 28.5 Å². The Morgan fingerprint density at radius 1 is 1.62 bits per heavy atom. The summed E-state index contributed by atoms with van der Waals surface area (Å²) in [5.41, 5.74) is 0.429. The van der Waals surface area contributed by atoms with Crippen molar-refractivity contribution in [2.24, 2.45) is 0 Å². The van der Waals surface area contributed by atoms with Crippen molar-refractivity contribution in [1.29, 1.82) is 0 Å². The van der Waals surface area contributed by atoms with Crippen LogP contribution in [0.5, 0.6) is 0 Å². The van der Waals surface area contributed by atoms with E-state index in [-0.39, 0.29) is 5.69 Å². The maximum absolute atomic E-state index is 13.0. The van der Waals surface area contributed by atoms with Gasteiger partial charge in [-0.15, -0.1) is 0 Å². The molecule has 1 aromatic rings. The Morgan fingerprint density at radius 3 is 2.77 bits per heavy atom. The van der Waals surface area contributed by atoms with E-state index in [2.05, 4.69) is 0 Å². The van der Waals surface area contributed by atoms with Gasteiger partial charge in [0.2, 0.25) is 0 Å². The van der Waals surface area contributed by atoms with Gasteiger partial charge in [0.25, 0.3) is 0 Å². The van der Waals surface area contributed by atoms with Crippen LogP contribution in [0.15, 0.2) is 12.1 Å². The molecule has 70 valence electrons. The molecule has 0 aromatic heterocycles. The van der Waals surface area contributed by atoms with Crippen LogP contribution in [0, 0.1) is 12.7 Å². The van der Waals surface area contributed by atoms with Crippen LogP contribution in [0.25, 0.3) is 0 Å². The van der Waals surface area contributed by atoms with Gasteiger partial charge in [0.1, 0.15) is 5.82 Å². The minimum absolute atomic E-state index is 0.136. The van der Waals surface area contributed by atoms with Crippen molar-refractivity contribution in [3.8, 4) is 0 Å². The molecule has 1 aromatic carbocycles. The molecule has 0 aliphatic heterocycles. The van der Waals surface area contributed by atoms with Crippen LogP contribution in [0.3, 0.4) is 0 Å². The minimum Gasteiger partial charge on any atom is -0.465 e. The second-order valence-electron chi connectivity index (χ2n) is 2.51. The highest BCUT2D eigenvalue weighted by Crippen LogP contribution is 2.23. The average molecular weight is 204 g/mol. The van der Waals surface area contributed by atoms with Gasteiger partial charge in [0, 0.05) is 5.02 Å². The Labute approximate surface area is 79.1 Å². The molecule has 0 spiro atoms. The first-order valence-electron chi connectivity index (χ1n) is 3.46. The molecule has 0 bridgehead atoms. The molecule has 0 radical (unpaired) electrons. The summed E-state index contributed by atoms with van der Waals surface area (Å²) in [7, 11) is 0. The van der Waals surface area contributed by atoms with E-state index >= 15 is 0 Å². The molecule has 0 saturated heterocycles. The lowest BCUT2D eigenvalue weighted by atomic mass is 10.2. The quantitative estimate of drug-likeness (QED) is 0.737. The fourth-order valence-electron chi connectivity index (χ4n) is 0.857. The molecule has 0 unspecified atom stereocenters. The van der Waals surface area contributed by atoms with Gasteiger partial charge >= 0.3 is 6.09 Å². The van der Waals surface area contributed by atoms with Crippen molar-refractivity contribution < 1.29 is 14.3 Å². The number of carboxylic acid groups (broad SMARTS) is 1. The highest BCUT2D eigenvalue weighted by Gasteiger charge is 2.07. The molecule has 5 heteroatoms. The molecular formula is C8H7ClFNO2. The Bertz CT molecular complexity index is 354. The number of amides is 1. The van der Waals surface area contributed by atoms with Crippen LogP contribution in [0.2, 0.25) is 5.02 Å². The normalized spacial score (nSPS) is 9.77. The van der Waals surface area contributed by atoms with Crippen LogP contribution < -0.4 is 5.32 Å². The molecule has 0 saturated carbocycles. The largest absolute Gasteiger partial charge is 0.465 e. The monoisotopic (exact) mass is 203 g/mol. The highest BCUT2D eigenvalue weighted by atomic mass is 35.5. The number of anilines is 1. The highest BCUT2D eigenvalue weighted by molar-refractivity contribution is 6.31. The number of carbonyl (C=O) groups is 1. The van der Waals surface area contributed by atoms with Gasteiger partial charge in [-0.3, -0.25) is 5.32 Å². The predicted octanol–water partition coefficient (Wildman–Crippen LogP) is 2.88. The third kappa shape index (κ3) is 2.32. The molecule has 0 aliphatic rings. The fourth-order valence-corrected chi connectivity index (χ4v) is 1.02. The van der Waals surface area contributed by atoms with E-state index in [0.29, 0.717) is 10.6 Å². The smallest absolute Gasteiger partial charge is 0.409 e. The zero-order chi connectivity index (χ0) is 10.0. The Balaban J connectivity index is 3.08. The lowest BCUT2D eigenvalue weighted by Crippen LogP contribution is -2.08. The van der Waals surface area contributed by atoms with Gasteiger partial charge in [-0.25, -0.2) is 9.18 Å². The van der Waals surface area contributed by atoms with Gasteiger partial charge in [-0.05, 0) is 24.6 Å². The molecule has 0 atom stereocenters. The number of nitrogens with one attached hydrogen (secondary N) is 1. The maximum atomic E-state index is 13.0. The van der Waals surface area contributed by atoms with Crippen LogP contribution >= 0.6 is 11.6 Å². The van der Waals surface area contributed by atoms with Crippen molar-refractivity contribution in [1.82, 2.24) is 0 Å². The fraction of sp³-hybridized carbons (Fsp3) is 0.125. The first-order chi connectivity index (χ1) is 6.00. The van der Waals surface area contributed by atoms with E-state index in [9.17, 15) is 9.18 Å². The molecule has 2 N–H and O–H groups in total. The third-order valence-corrected chi connectivity index (χ3v) is 1.90. The second kappa shape index (κ2) is 3.62. The average Bonchev–Trinajstić information content (AvgIpc) is 1.99. The second-order valence-corrected chi connectivity index (χ2v) is 2.92. The summed E-state index contributed by atoms with van der Waals surface area (Å²) in [5, 5.41) is 10.6. The number of rotatable bonds is 1. The zero-order valence-corrected chi connectivity index (χ0v) is 7.52. The van der Waals surface area contributed by atoms with Gasteiger partial charge < -0.3 is 5.11 Å². The van der Waals surface area contributed by atoms with Crippen LogP contribution in [-0.2, 0) is 0 Å². The van der Waals surface area contributed by atoms with E-state index in [0.717, 1.165) is 0 Å². The Morgan fingerprint density at radius 2 is 2.23 bits per heavy atom. The van der Waals surface area contributed by atoms with Gasteiger partial charge in [0.05, 0.1) is 5.69 Å². The van der Waals surface area contributed by atoms with E-state index < -0.39 is 11.9 Å². The topological polar surface area (TPSA) is 49.3 Å². The Kier molecular flexibility index (Phi) is 2.72. The van der Waals surface area contributed by atoms with E-state index in [1.165, 1.54) is 12.1 Å². The van der Waals surface area contributed by atoms with Crippen LogP contribution in [-0.4, -0.2) is 11.2 Å². The molecule has 0 aliphatic carbocycles. The molecule has 0 heterocycles. The van der Waals surface area contributed by atoms with Crippen LogP contribution in [0.1, 0.15) is 5.56 Å². The number of benzene rings is 1. The molecule has 0 fully saturated rings. The van der Waals surface area contributed by atoms with Crippen molar-refractivity contribution in [2.45, 2.75) is 6.92 Å². The molecule has 3 nitrogen and oxygen atoms in total. The van der Waals surface area contributed by atoms with Crippen molar-refractivity contribution in [2.75, 3.05) is 5.32 Å². The lowest BCUT2D eigenvalue weighted by Gasteiger charge is -2.04. The molecule has 1 amide bonds. The molecule has 13 heavy (non-hydrogen) atoms. The number of hydrogen-bond donors (Lipinski definition) is 2. The summed E-state index contributed by atoms with van der Waals surface area (Å²) >= 11 is 5.67. The first-order valence-corrected chi connectivity index (χ1v) is 3.84. The minimum atomic E-state index is -1.32. The van der Waals surface area contributed by atoms with E-state index in [1.54, 1.807) is 6.92 Å². The van der Waals surface area contributed by atoms with E-state index in [1.807, 2.05) is 5.32 Å². The summed E-state index contributed by atoms with van der Waals surface area (Å²) < 4.78 is 13.0. The van der Waals surface area contributed by atoms with Crippen molar-refractivity contribution >= 4 is 23.4 Å². The first kappa shape index (κ1) is 9.80. The summed E-state index contributed by atoms with van der Waals surface area (Å²) in [6.07, 6.45) is -1.32. The Hall–Kier alpha value is -1.29. The zero-order valence-electron chi connectivity index (χ0n) is 6.77. The predicted molar refractivity (Wildman–Crippen MR) is 47.8 cm³/mol.